The summed E-state index contributed by atoms with van der Waals surface area (Å²) in [5, 5.41) is 5.11. The zero-order valence-electron chi connectivity index (χ0n) is 18.7. The van der Waals surface area contributed by atoms with E-state index in [1.54, 1.807) is 11.8 Å². The van der Waals surface area contributed by atoms with Gasteiger partial charge in [-0.15, -0.1) is 0 Å². The molecule has 1 fully saturated rings. The van der Waals surface area contributed by atoms with Gasteiger partial charge in [-0.1, -0.05) is 30.0 Å². The van der Waals surface area contributed by atoms with Crippen LogP contribution in [0.25, 0.3) is 16.7 Å². The number of methoxy groups -OCH3 is 1. The van der Waals surface area contributed by atoms with Gasteiger partial charge in [0.2, 0.25) is 5.91 Å². The largest absolute Gasteiger partial charge is 0.497 e. The maximum Gasteiger partial charge on any atom is 0.262 e. The van der Waals surface area contributed by atoms with Crippen LogP contribution in [0, 0.1) is 0 Å². The van der Waals surface area contributed by atoms with Gasteiger partial charge in [0.15, 0.2) is 10.8 Å². The Labute approximate surface area is 200 Å². The summed E-state index contributed by atoms with van der Waals surface area (Å²) in [6.45, 7) is 2.92. The molecule has 1 N–H and O–H groups in total. The Hall–Kier alpha value is -3.79. The van der Waals surface area contributed by atoms with E-state index in [1.165, 1.54) is 23.6 Å². The molecule has 3 heterocycles. The number of ether oxygens (including phenoxy) is 1. The molecule has 2 aromatic heterocycles. The molecule has 0 unspecified atom stereocenters. The minimum Gasteiger partial charge on any atom is -0.497 e. The van der Waals surface area contributed by atoms with E-state index in [1.807, 2.05) is 47.4 Å². The topological polar surface area (TPSA) is 96.3 Å². The van der Waals surface area contributed by atoms with Crippen molar-refractivity contribution in [1.82, 2.24) is 24.6 Å². The molecule has 4 aromatic rings. The number of aromatic nitrogens is 4. The van der Waals surface area contributed by atoms with E-state index in [0.29, 0.717) is 29.3 Å². The minimum absolute atomic E-state index is 0.0316. The molecule has 0 bridgehead atoms. The van der Waals surface area contributed by atoms with Crippen molar-refractivity contribution in [2.45, 2.75) is 5.16 Å². The van der Waals surface area contributed by atoms with E-state index in [-0.39, 0.29) is 17.2 Å². The first-order valence-corrected chi connectivity index (χ1v) is 11.9. The second-order valence-corrected chi connectivity index (χ2v) is 8.82. The molecule has 9 nitrogen and oxygen atoms in total. The Morgan fingerprint density at radius 3 is 2.47 bits per heavy atom. The molecule has 5 rings (SSSR count). The van der Waals surface area contributed by atoms with Gasteiger partial charge in [0.25, 0.3) is 5.56 Å². The molecular formula is C24H24N6O3S. The average Bonchev–Trinajstić information content (AvgIpc) is 3.32. The van der Waals surface area contributed by atoms with Gasteiger partial charge in [-0.3, -0.25) is 9.59 Å². The normalized spacial score (nSPS) is 13.9. The zero-order valence-corrected chi connectivity index (χ0v) is 19.5. The van der Waals surface area contributed by atoms with Crippen molar-refractivity contribution in [3.63, 3.8) is 0 Å². The number of thioether (sulfide) groups is 1. The van der Waals surface area contributed by atoms with Crippen LogP contribution in [0.1, 0.15) is 0 Å². The van der Waals surface area contributed by atoms with Crippen LogP contribution >= 0.6 is 11.8 Å². The summed E-state index contributed by atoms with van der Waals surface area (Å²) < 4.78 is 6.81. The predicted molar refractivity (Wildman–Crippen MR) is 132 cm³/mol. The number of H-pyrrole nitrogens is 1. The smallest absolute Gasteiger partial charge is 0.262 e. The fourth-order valence-electron chi connectivity index (χ4n) is 3.95. The van der Waals surface area contributed by atoms with Gasteiger partial charge in [0, 0.05) is 31.9 Å². The monoisotopic (exact) mass is 476 g/mol. The van der Waals surface area contributed by atoms with Crippen molar-refractivity contribution >= 4 is 34.4 Å². The van der Waals surface area contributed by atoms with Crippen molar-refractivity contribution in [2.75, 3.05) is 43.9 Å². The summed E-state index contributed by atoms with van der Waals surface area (Å²) in [5.41, 5.74) is 2.10. The number of benzene rings is 2. The van der Waals surface area contributed by atoms with Crippen LogP contribution < -0.4 is 15.2 Å². The van der Waals surface area contributed by atoms with Crippen molar-refractivity contribution in [3.8, 4) is 11.4 Å². The molecule has 0 radical (unpaired) electrons. The number of hydrogen-bond acceptors (Lipinski definition) is 7. The first-order chi connectivity index (χ1) is 16.6. The van der Waals surface area contributed by atoms with Crippen molar-refractivity contribution in [3.05, 3.63) is 71.1 Å². The number of para-hydroxylation sites is 1. The van der Waals surface area contributed by atoms with Crippen molar-refractivity contribution in [1.29, 1.82) is 0 Å². The summed E-state index contributed by atoms with van der Waals surface area (Å²) >= 11 is 1.23. The molecule has 0 atom stereocenters. The Morgan fingerprint density at radius 1 is 1.03 bits per heavy atom. The second kappa shape index (κ2) is 9.60. The molecule has 0 aliphatic carbocycles. The lowest BCUT2D eigenvalue weighted by atomic mass is 10.2. The fourth-order valence-corrected chi connectivity index (χ4v) is 4.71. The standard InChI is InChI=1S/C24H24N6O3S/c1-33-19-9-7-18(8-10-19)30-22-20(15-25-30)23(32)27-24(26-22)34-16-21(31)29-13-11-28(12-14-29)17-5-3-2-4-6-17/h2-10,15H,11-14,16H2,1H3,(H,26,27,32). The van der Waals surface area contributed by atoms with E-state index in [4.69, 9.17) is 4.74 Å². The number of nitrogens with one attached hydrogen (secondary N) is 1. The van der Waals surface area contributed by atoms with Crippen LogP contribution in [0.2, 0.25) is 0 Å². The van der Waals surface area contributed by atoms with E-state index >= 15 is 0 Å². The summed E-state index contributed by atoms with van der Waals surface area (Å²) in [5.74, 6) is 0.964. The number of hydrogen-bond donors (Lipinski definition) is 1. The Balaban J connectivity index is 1.26. The first-order valence-electron chi connectivity index (χ1n) is 11.0. The van der Waals surface area contributed by atoms with Crippen molar-refractivity contribution < 1.29 is 9.53 Å². The molecular weight excluding hydrogens is 452 g/mol. The summed E-state index contributed by atoms with van der Waals surface area (Å²) in [6, 6.07) is 17.6. The van der Waals surface area contributed by atoms with Crippen LogP contribution in [0.15, 0.2) is 70.7 Å². The quantitative estimate of drug-likeness (QED) is 0.337. The number of amides is 1. The highest BCUT2D eigenvalue weighted by molar-refractivity contribution is 7.99. The number of rotatable bonds is 6. The zero-order chi connectivity index (χ0) is 23.5. The van der Waals surface area contributed by atoms with Gasteiger partial charge in [0.1, 0.15) is 11.1 Å². The van der Waals surface area contributed by atoms with Crippen molar-refractivity contribution in [2.24, 2.45) is 0 Å². The number of carbonyl (C=O) groups excluding carboxylic acids is 1. The molecule has 34 heavy (non-hydrogen) atoms. The maximum absolute atomic E-state index is 12.8. The first kappa shape index (κ1) is 22.0. The van der Waals surface area contributed by atoms with Crippen LogP contribution in [-0.2, 0) is 4.79 Å². The lowest BCUT2D eigenvalue weighted by Gasteiger charge is -2.36. The third kappa shape index (κ3) is 4.49. The minimum atomic E-state index is -0.281. The highest BCUT2D eigenvalue weighted by Gasteiger charge is 2.22. The molecule has 0 spiro atoms. The van der Waals surface area contributed by atoms with Gasteiger partial charge >= 0.3 is 0 Å². The molecule has 174 valence electrons. The molecule has 1 amide bonds. The van der Waals surface area contributed by atoms with Crippen LogP contribution in [0.4, 0.5) is 5.69 Å². The molecule has 0 saturated carbocycles. The average molecular weight is 477 g/mol. The Morgan fingerprint density at radius 2 is 1.76 bits per heavy atom. The van der Waals surface area contributed by atoms with Gasteiger partial charge in [-0.2, -0.15) is 5.10 Å². The van der Waals surface area contributed by atoms with E-state index < -0.39 is 0 Å². The van der Waals surface area contributed by atoms with Gasteiger partial charge in [0.05, 0.1) is 24.7 Å². The van der Waals surface area contributed by atoms with Crippen LogP contribution in [0.3, 0.4) is 0 Å². The third-order valence-corrected chi connectivity index (χ3v) is 6.68. The summed E-state index contributed by atoms with van der Waals surface area (Å²) in [7, 11) is 1.60. The molecule has 2 aromatic carbocycles. The highest BCUT2D eigenvalue weighted by Crippen LogP contribution is 2.21. The number of piperazine rings is 1. The highest BCUT2D eigenvalue weighted by atomic mass is 32.2. The lowest BCUT2D eigenvalue weighted by molar-refractivity contribution is -0.128. The number of fused-ring (bicyclic) bond motifs is 1. The third-order valence-electron chi connectivity index (χ3n) is 5.82. The SMILES string of the molecule is COc1ccc(-n2ncc3c(=O)[nH]c(SCC(=O)N4CCN(c5ccccc5)CC4)nc32)cc1. The summed E-state index contributed by atoms with van der Waals surface area (Å²) in [6.07, 6.45) is 1.50. The lowest BCUT2D eigenvalue weighted by Crippen LogP contribution is -2.49. The fraction of sp³-hybridized carbons (Fsp3) is 0.250. The Bertz CT molecular complexity index is 1340. The molecule has 1 aliphatic heterocycles. The second-order valence-electron chi connectivity index (χ2n) is 7.85. The van der Waals surface area contributed by atoms with Gasteiger partial charge in [-0.05, 0) is 36.4 Å². The Kier molecular flexibility index (Phi) is 6.22. The number of carbonyl (C=O) groups is 1. The van der Waals surface area contributed by atoms with E-state index in [0.717, 1.165) is 24.5 Å². The molecule has 1 saturated heterocycles. The summed E-state index contributed by atoms with van der Waals surface area (Å²) in [4.78, 5) is 36.9. The number of nitrogens with zero attached hydrogens (tertiary/aromatic N) is 5. The molecule has 1 aliphatic rings. The van der Waals surface area contributed by atoms with E-state index in [2.05, 4.69) is 32.1 Å². The maximum atomic E-state index is 12.8. The van der Waals surface area contributed by atoms with E-state index in [9.17, 15) is 9.59 Å². The van der Waals surface area contributed by atoms with Gasteiger partial charge < -0.3 is 19.5 Å². The number of anilines is 1. The predicted octanol–water partition coefficient (Wildman–Crippen LogP) is 2.56. The number of aromatic amines is 1. The van der Waals surface area contributed by atoms with Crippen LogP contribution in [0.5, 0.6) is 5.75 Å². The molecule has 10 heteroatoms. The van der Waals surface area contributed by atoms with Crippen LogP contribution in [-0.4, -0.2) is 69.6 Å². The van der Waals surface area contributed by atoms with Gasteiger partial charge in [-0.25, -0.2) is 9.67 Å².